The second-order valence-electron chi connectivity index (χ2n) is 7.39. The van der Waals surface area contributed by atoms with Gasteiger partial charge in [-0.3, -0.25) is 9.69 Å². The molecule has 4 heterocycles. The fourth-order valence-electron chi connectivity index (χ4n) is 4.05. The number of nitrogens with zero attached hydrogens (tertiary/aromatic N) is 2. The van der Waals surface area contributed by atoms with Crippen molar-refractivity contribution in [1.29, 1.82) is 0 Å². The SMILES string of the molecule is Cc1cc(CN2CC[C@]3(CCC[C@H](CNC(=O)c4ccco4)O3)C2)no1. The fraction of sp³-hybridized carbons (Fsp3) is 0.579. The van der Waals surface area contributed by atoms with Crippen LogP contribution >= 0.6 is 0 Å². The minimum Gasteiger partial charge on any atom is -0.459 e. The zero-order valence-electron chi connectivity index (χ0n) is 15.1. The molecule has 0 saturated carbocycles. The van der Waals surface area contributed by atoms with Crippen LogP contribution in [-0.2, 0) is 11.3 Å². The van der Waals surface area contributed by atoms with Crippen molar-refractivity contribution in [2.45, 2.75) is 50.9 Å². The maximum Gasteiger partial charge on any atom is 0.287 e. The van der Waals surface area contributed by atoms with Gasteiger partial charge in [0.25, 0.3) is 5.91 Å². The lowest BCUT2D eigenvalue weighted by Gasteiger charge is -2.38. The Kier molecular flexibility index (Phi) is 4.82. The Morgan fingerprint density at radius 1 is 1.46 bits per heavy atom. The van der Waals surface area contributed by atoms with E-state index in [2.05, 4.69) is 15.4 Å². The number of nitrogens with one attached hydrogen (secondary N) is 1. The molecule has 0 aliphatic carbocycles. The van der Waals surface area contributed by atoms with Crippen LogP contribution in [0.5, 0.6) is 0 Å². The number of carbonyl (C=O) groups excluding carboxylic acids is 1. The number of likely N-dealkylation sites (tertiary alicyclic amines) is 1. The third kappa shape index (κ3) is 3.83. The number of hydrogen-bond donors (Lipinski definition) is 1. The van der Waals surface area contributed by atoms with Gasteiger partial charge in [-0.25, -0.2) is 0 Å². The van der Waals surface area contributed by atoms with Crippen LogP contribution in [0.15, 0.2) is 33.4 Å². The van der Waals surface area contributed by atoms with Gasteiger partial charge in [-0.05, 0) is 44.7 Å². The molecule has 0 radical (unpaired) electrons. The molecule has 26 heavy (non-hydrogen) atoms. The monoisotopic (exact) mass is 359 g/mol. The van der Waals surface area contributed by atoms with Crippen LogP contribution in [0.3, 0.4) is 0 Å². The first kappa shape index (κ1) is 17.3. The van der Waals surface area contributed by atoms with Gasteiger partial charge in [0.05, 0.1) is 23.7 Å². The highest BCUT2D eigenvalue weighted by Gasteiger charge is 2.43. The minimum absolute atomic E-state index is 0.0527. The quantitative estimate of drug-likeness (QED) is 0.883. The molecule has 1 amide bonds. The summed E-state index contributed by atoms with van der Waals surface area (Å²) in [5, 5.41) is 7.01. The van der Waals surface area contributed by atoms with Crippen molar-refractivity contribution < 1.29 is 18.5 Å². The number of rotatable bonds is 5. The molecular formula is C19H25N3O4. The predicted octanol–water partition coefficient (Wildman–Crippen LogP) is 2.52. The van der Waals surface area contributed by atoms with E-state index in [4.69, 9.17) is 13.7 Å². The average molecular weight is 359 g/mol. The van der Waals surface area contributed by atoms with E-state index in [-0.39, 0.29) is 17.6 Å². The molecule has 4 rings (SSSR count). The van der Waals surface area contributed by atoms with Gasteiger partial charge in [-0.2, -0.15) is 0 Å². The topological polar surface area (TPSA) is 80.7 Å². The maximum absolute atomic E-state index is 12.0. The summed E-state index contributed by atoms with van der Waals surface area (Å²) in [6.07, 6.45) is 5.75. The van der Waals surface area contributed by atoms with E-state index in [1.165, 1.54) is 6.26 Å². The number of hydrogen-bond acceptors (Lipinski definition) is 6. The summed E-state index contributed by atoms with van der Waals surface area (Å²) in [4.78, 5) is 14.4. The Morgan fingerprint density at radius 2 is 2.38 bits per heavy atom. The summed E-state index contributed by atoms with van der Waals surface area (Å²) < 4.78 is 16.7. The molecule has 140 valence electrons. The first-order valence-electron chi connectivity index (χ1n) is 9.26. The Labute approximate surface area is 152 Å². The number of furan rings is 1. The van der Waals surface area contributed by atoms with E-state index in [1.54, 1.807) is 12.1 Å². The van der Waals surface area contributed by atoms with Crippen molar-refractivity contribution in [3.63, 3.8) is 0 Å². The zero-order valence-corrected chi connectivity index (χ0v) is 15.1. The zero-order chi connectivity index (χ0) is 18.0. The lowest BCUT2D eigenvalue weighted by molar-refractivity contribution is -0.118. The van der Waals surface area contributed by atoms with Crippen LogP contribution in [-0.4, -0.2) is 47.3 Å². The molecular weight excluding hydrogens is 334 g/mol. The molecule has 7 nitrogen and oxygen atoms in total. The molecule has 2 fully saturated rings. The molecule has 2 aliphatic heterocycles. The van der Waals surface area contributed by atoms with Gasteiger partial charge < -0.3 is 19.0 Å². The maximum atomic E-state index is 12.0. The van der Waals surface area contributed by atoms with Crippen molar-refractivity contribution in [3.8, 4) is 0 Å². The van der Waals surface area contributed by atoms with Crippen LogP contribution in [0.4, 0.5) is 0 Å². The summed E-state index contributed by atoms with van der Waals surface area (Å²) in [5.41, 5.74) is 0.870. The van der Waals surface area contributed by atoms with Crippen molar-refractivity contribution in [2.75, 3.05) is 19.6 Å². The smallest absolute Gasteiger partial charge is 0.287 e. The number of aromatic nitrogens is 1. The summed E-state index contributed by atoms with van der Waals surface area (Å²) in [6.45, 7) is 5.12. The van der Waals surface area contributed by atoms with Crippen LogP contribution in [0.1, 0.15) is 47.7 Å². The summed E-state index contributed by atoms with van der Waals surface area (Å²) in [6, 6.07) is 5.36. The third-order valence-electron chi connectivity index (χ3n) is 5.27. The summed E-state index contributed by atoms with van der Waals surface area (Å²) >= 11 is 0. The third-order valence-corrected chi connectivity index (χ3v) is 5.27. The summed E-state index contributed by atoms with van der Waals surface area (Å²) in [7, 11) is 0. The average Bonchev–Trinajstić information content (AvgIpc) is 3.36. The summed E-state index contributed by atoms with van der Waals surface area (Å²) in [5.74, 6) is 0.994. The van der Waals surface area contributed by atoms with E-state index in [1.807, 2.05) is 13.0 Å². The normalized spacial score (nSPS) is 26.4. The lowest BCUT2D eigenvalue weighted by Crippen LogP contribution is -2.46. The van der Waals surface area contributed by atoms with Gasteiger partial charge in [0.15, 0.2) is 5.76 Å². The first-order valence-corrected chi connectivity index (χ1v) is 9.26. The molecule has 7 heteroatoms. The van der Waals surface area contributed by atoms with Gasteiger partial charge in [0, 0.05) is 32.2 Å². The van der Waals surface area contributed by atoms with Crippen molar-refractivity contribution in [1.82, 2.24) is 15.4 Å². The van der Waals surface area contributed by atoms with Gasteiger partial charge >= 0.3 is 0 Å². The van der Waals surface area contributed by atoms with Crippen LogP contribution in [0.25, 0.3) is 0 Å². The molecule has 2 aromatic heterocycles. The van der Waals surface area contributed by atoms with Gasteiger partial charge in [-0.1, -0.05) is 5.16 Å². The van der Waals surface area contributed by atoms with Crippen LogP contribution in [0.2, 0.25) is 0 Å². The highest BCUT2D eigenvalue weighted by molar-refractivity contribution is 5.91. The molecule has 1 spiro atoms. The molecule has 0 bridgehead atoms. The van der Waals surface area contributed by atoms with Crippen LogP contribution in [0, 0.1) is 6.92 Å². The Morgan fingerprint density at radius 3 is 3.15 bits per heavy atom. The molecule has 2 aliphatic rings. The van der Waals surface area contributed by atoms with Crippen molar-refractivity contribution in [2.24, 2.45) is 0 Å². The number of carbonyl (C=O) groups is 1. The van der Waals surface area contributed by atoms with Gasteiger partial charge in [0.2, 0.25) is 0 Å². The number of aryl methyl sites for hydroxylation is 1. The van der Waals surface area contributed by atoms with E-state index in [0.29, 0.717) is 12.3 Å². The molecule has 0 unspecified atom stereocenters. The number of ether oxygens (including phenoxy) is 1. The number of amides is 1. The first-order chi connectivity index (χ1) is 12.6. The van der Waals surface area contributed by atoms with Crippen LogP contribution < -0.4 is 5.32 Å². The van der Waals surface area contributed by atoms with Gasteiger partial charge in [0.1, 0.15) is 5.76 Å². The van der Waals surface area contributed by atoms with E-state index in [0.717, 1.165) is 56.8 Å². The molecule has 2 atom stereocenters. The van der Waals surface area contributed by atoms with E-state index in [9.17, 15) is 4.79 Å². The largest absolute Gasteiger partial charge is 0.459 e. The van der Waals surface area contributed by atoms with E-state index < -0.39 is 0 Å². The standard InChI is InChI=1S/C19H25N3O4/c1-14-10-15(21-26-14)12-22-8-7-19(13-22)6-2-4-16(25-19)11-20-18(23)17-5-3-9-24-17/h3,5,9-10,16H,2,4,6-8,11-13H2,1H3,(H,20,23)/t16-,19-/m1/s1. The predicted molar refractivity (Wildman–Crippen MR) is 93.6 cm³/mol. The van der Waals surface area contributed by atoms with Crippen molar-refractivity contribution >= 4 is 5.91 Å². The second kappa shape index (κ2) is 7.25. The highest BCUT2D eigenvalue weighted by atomic mass is 16.5. The Balaban J connectivity index is 1.29. The van der Waals surface area contributed by atoms with Gasteiger partial charge in [-0.15, -0.1) is 0 Å². The minimum atomic E-state index is -0.187. The fourth-order valence-corrected chi connectivity index (χ4v) is 4.05. The Bertz CT molecular complexity index is 742. The molecule has 2 aromatic rings. The highest BCUT2D eigenvalue weighted by Crippen LogP contribution is 2.37. The van der Waals surface area contributed by atoms with Crippen molar-refractivity contribution in [3.05, 3.63) is 41.7 Å². The van der Waals surface area contributed by atoms with E-state index >= 15 is 0 Å². The lowest BCUT2D eigenvalue weighted by atomic mass is 9.90. The second-order valence-corrected chi connectivity index (χ2v) is 7.39. The molecule has 1 N–H and O–H groups in total. The molecule has 2 saturated heterocycles. The Hall–Kier alpha value is -2.12. The molecule has 0 aromatic carbocycles.